The highest BCUT2D eigenvalue weighted by atomic mass is 17.2. The predicted octanol–water partition coefficient (Wildman–Crippen LogP) is 5.18. The van der Waals surface area contributed by atoms with Crippen LogP contribution in [0.15, 0.2) is 11.6 Å². The number of hydrogen-bond donors (Lipinski definition) is 0. The zero-order chi connectivity index (χ0) is 21.9. The molecule has 0 heterocycles. The fraction of sp³-hybridized carbons (Fsp3) is 0.840. The molecule has 0 spiro atoms. The number of Topliss-reactive ketones (excluding diaryl/α,β-unsaturated/α-hetero) is 1. The van der Waals surface area contributed by atoms with E-state index in [0.29, 0.717) is 24.0 Å². The van der Waals surface area contributed by atoms with E-state index in [1.807, 2.05) is 20.8 Å². The second-order valence-electron chi connectivity index (χ2n) is 11.5. The zero-order valence-electron chi connectivity index (χ0n) is 19.5. The van der Waals surface area contributed by atoms with Gasteiger partial charge in [0.2, 0.25) is 0 Å². The lowest BCUT2D eigenvalue weighted by Crippen LogP contribution is -2.55. The minimum Gasteiger partial charge on any atom is -0.462 e. The summed E-state index contributed by atoms with van der Waals surface area (Å²) in [6, 6.07) is 0. The van der Waals surface area contributed by atoms with Gasteiger partial charge >= 0.3 is 5.97 Å². The van der Waals surface area contributed by atoms with E-state index in [0.717, 1.165) is 38.5 Å². The van der Waals surface area contributed by atoms with E-state index in [-0.39, 0.29) is 34.9 Å². The van der Waals surface area contributed by atoms with Gasteiger partial charge in [0.05, 0.1) is 5.60 Å². The number of fused-ring (bicyclic) bond motifs is 5. The highest BCUT2D eigenvalue weighted by Crippen LogP contribution is 2.64. The Balaban J connectivity index is 1.69. The molecule has 0 saturated heterocycles. The lowest BCUT2D eigenvalue weighted by molar-refractivity contribution is -0.380. The molecule has 3 fully saturated rings. The first-order chi connectivity index (χ1) is 13.9. The fourth-order valence-corrected chi connectivity index (χ4v) is 6.99. The van der Waals surface area contributed by atoms with Crippen LogP contribution in [-0.2, 0) is 24.1 Å². The summed E-state index contributed by atoms with van der Waals surface area (Å²) < 4.78 is 5.57. The minimum atomic E-state index is -0.398. The van der Waals surface area contributed by atoms with Crippen LogP contribution >= 0.6 is 0 Å². The summed E-state index contributed by atoms with van der Waals surface area (Å²) in [5, 5.41) is 0. The summed E-state index contributed by atoms with van der Waals surface area (Å²) in [5.41, 5.74) is 0.805. The van der Waals surface area contributed by atoms with E-state index < -0.39 is 5.60 Å². The first-order valence-corrected chi connectivity index (χ1v) is 11.7. The second kappa shape index (κ2) is 7.44. The van der Waals surface area contributed by atoms with E-state index in [9.17, 15) is 9.59 Å². The van der Waals surface area contributed by atoms with Crippen LogP contribution in [0.4, 0.5) is 0 Å². The smallest absolute Gasteiger partial charge is 0.302 e. The molecule has 0 aromatic heterocycles. The summed E-state index contributed by atoms with van der Waals surface area (Å²) in [6.07, 6.45) is 8.41. The van der Waals surface area contributed by atoms with Crippen molar-refractivity contribution < 1.29 is 24.1 Å². The van der Waals surface area contributed by atoms with Crippen molar-refractivity contribution in [1.82, 2.24) is 0 Å². The van der Waals surface area contributed by atoms with Crippen LogP contribution in [0, 0.1) is 28.6 Å². The van der Waals surface area contributed by atoms with Gasteiger partial charge in [-0.3, -0.25) is 9.59 Å². The molecule has 0 radical (unpaired) electrons. The molecular formula is C25H38O5. The first kappa shape index (κ1) is 22.0. The topological polar surface area (TPSA) is 61.8 Å². The third-order valence-corrected chi connectivity index (χ3v) is 8.51. The van der Waals surface area contributed by atoms with Crippen molar-refractivity contribution in [3.63, 3.8) is 0 Å². The number of carbonyl (C=O) groups is 2. The maximum absolute atomic E-state index is 12.8. The summed E-state index contributed by atoms with van der Waals surface area (Å²) >= 11 is 0. The minimum absolute atomic E-state index is 0.0514. The Kier molecular flexibility index (Phi) is 5.46. The van der Waals surface area contributed by atoms with Gasteiger partial charge < -0.3 is 4.74 Å². The quantitative estimate of drug-likeness (QED) is 0.274. The number of esters is 1. The number of hydrogen-bond acceptors (Lipinski definition) is 5. The van der Waals surface area contributed by atoms with Crippen LogP contribution in [0.25, 0.3) is 0 Å². The largest absolute Gasteiger partial charge is 0.462 e. The van der Waals surface area contributed by atoms with Crippen molar-refractivity contribution in [3.05, 3.63) is 11.6 Å². The molecule has 5 heteroatoms. The Morgan fingerprint density at radius 2 is 1.73 bits per heavy atom. The van der Waals surface area contributed by atoms with Crippen molar-refractivity contribution in [2.24, 2.45) is 28.6 Å². The Hall–Kier alpha value is -1.20. The Morgan fingerprint density at radius 3 is 2.40 bits per heavy atom. The highest BCUT2D eigenvalue weighted by molar-refractivity contribution is 5.87. The molecule has 168 valence electrons. The van der Waals surface area contributed by atoms with Crippen molar-refractivity contribution in [2.75, 3.05) is 0 Å². The predicted molar refractivity (Wildman–Crippen MR) is 113 cm³/mol. The first-order valence-electron chi connectivity index (χ1n) is 11.7. The highest BCUT2D eigenvalue weighted by Gasteiger charge is 2.61. The van der Waals surface area contributed by atoms with E-state index in [4.69, 9.17) is 14.5 Å². The van der Waals surface area contributed by atoms with Crippen molar-refractivity contribution >= 4 is 11.8 Å². The van der Waals surface area contributed by atoms with E-state index in [1.54, 1.807) is 0 Å². The summed E-state index contributed by atoms with van der Waals surface area (Å²) in [6.45, 7) is 12.0. The van der Waals surface area contributed by atoms with Crippen LogP contribution < -0.4 is 0 Å². The van der Waals surface area contributed by atoms with Crippen LogP contribution in [0.1, 0.15) is 86.5 Å². The molecule has 4 rings (SSSR count). The monoisotopic (exact) mass is 418 g/mol. The lowest BCUT2D eigenvalue weighted by Gasteiger charge is -2.58. The molecule has 0 aromatic rings. The summed E-state index contributed by atoms with van der Waals surface area (Å²) in [5.74, 6) is 1.32. The molecular weight excluding hydrogens is 380 g/mol. The fourth-order valence-electron chi connectivity index (χ4n) is 6.99. The Bertz CT molecular complexity index is 749. The van der Waals surface area contributed by atoms with Gasteiger partial charge in [0.15, 0.2) is 0 Å². The summed E-state index contributed by atoms with van der Waals surface area (Å²) in [7, 11) is 0. The third-order valence-electron chi connectivity index (χ3n) is 8.51. The standard InChI is InChI=1S/C25H38O5/c1-15(26)28-17-9-11-24(5)16(13-17)14-20(29-30-23(2,3)4)22-18-7-8-21(27)25(18,6)12-10-19(22)24/h14,17-20,22H,7-13H2,1-6H3. The molecule has 3 saturated carbocycles. The Morgan fingerprint density at radius 1 is 1.07 bits per heavy atom. The van der Waals surface area contributed by atoms with E-state index in [2.05, 4.69) is 19.9 Å². The second-order valence-corrected chi connectivity index (χ2v) is 11.5. The lowest BCUT2D eigenvalue weighted by atomic mass is 9.47. The van der Waals surface area contributed by atoms with Crippen LogP contribution in [-0.4, -0.2) is 29.6 Å². The van der Waals surface area contributed by atoms with Crippen LogP contribution in [0.3, 0.4) is 0 Å². The molecule has 0 N–H and O–H groups in total. The number of ketones is 1. The number of ether oxygens (including phenoxy) is 1. The van der Waals surface area contributed by atoms with Gasteiger partial charge in [0.25, 0.3) is 0 Å². The molecule has 0 aromatic carbocycles. The van der Waals surface area contributed by atoms with E-state index in [1.165, 1.54) is 12.5 Å². The van der Waals surface area contributed by atoms with Gasteiger partial charge in [-0.1, -0.05) is 25.5 Å². The van der Waals surface area contributed by atoms with Gasteiger partial charge in [0.1, 0.15) is 18.0 Å². The molecule has 7 atom stereocenters. The average molecular weight is 419 g/mol. The van der Waals surface area contributed by atoms with Gasteiger partial charge in [-0.15, -0.1) is 0 Å². The molecule has 7 unspecified atom stereocenters. The molecule has 0 amide bonds. The SMILES string of the molecule is CC(=O)OC1CCC2(C)C(=CC(OOC(C)(C)C)C3C4CCC(=O)C4(C)CCC32)C1. The van der Waals surface area contributed by atoms with Gasteiger partial charge in [-0.25, -0.2) is 9.78 Å². The summed E-state index contributed by atoms with van der Waals surface area (Å²) in [4.78, 5) is 36.3. The van der Waals surface area contributed by atoms with Crippen molar-refractivity contribution in [2.45, 2.75) is 104 Å². The Labute approximate surface area is 180 Å². The molecule has 5 nitrogen and oxygen atoms in total. The van der Waals surface area contributed by atoms with E-state index >= 15 is 0 Å². The van der Waals surface area contributed by atoms with Crippen molar-refractivity contribution in [1.29, 1.82) is 0 Å². The third kappa shape index (κ3) is 3.66. The van der Waals surface area contributed by atoms with Gasteiger partial charge in [-0.05, 0) is 76.0 Å². The molecule has 0 bridgehead atoms. The number of rotatable bonds is 3. The maximum atomic E-state index is 12.8. The molecule has 0 aliphatic heterocycles. The zero-order valence-corrected chi connectivity index (χ0v) is 19.5. The van der Waals surface area contributed by atoms with Crippen LogP contribution in [0.5, 0.6) is 0 Å². The maximum Gasteiger partial charge on any atom is 0.302 e. The average Bonchev–Trinajstić information content (AvgIpc) is 2.94. The van der Waals surface area contributed by atoms with Gasteiger partial charge in [-0.2, -0.15) is 0 Å². The molecule has 4 aliphatic rings. The normalized spacial score (nSPS) is 43.3. The number of carbonyl (C=O) groups excluding carboxylic acids is 2. The van der Waals surface area contributed by atoms with Gasteiger partial charge in [0, 0.05) is 25.2 Å². The van der Waals surface area contributed by atoms with Crippen LogP contribution in [0.2, 0.25) is 0 Å². The van der Waals surface area contributed by atoms with Crippen molar-refractivity contribution in [3.8, 4) is 0 Å². The molecule has 30 heavy (non-hydrogen) atoms. The molecule has 4 aliphatic carbocycles.